The maximum absolute atomic E-state index is 13.1. The molecule has 0 saturated carbocycles. The van der Waals surface area contributed by atoms with Gasteiger partial charge >= 0.3 is 0 Å². The average molecular weight is 267 g/mol. The van der Waals surface area contributed by atoms with Crippen LogP contribution in [0.5, 0.6) is 0 Å². The second kappa shape index (κ2) is 5.17. The molecule has 0 aliphatic heterocycles. The van der Waals surface area contributed by atoms with E-state index in [0.717, 1.165) is 22.4 Å². The fourth-order valence-electron chi connectivity index (χ4n) is 2.10. The highest BCUT2D eigenvalue weighted by atomic mass is 19.1. The Morgan fingerprint density at radius 3 is 2.60 bits per heavy atom. The van der Waals surface area contributed by atoms with Crippen LogP contribution in [-0.2, 0) is 6.54 Å². The van der Waals surface area contributed by atoms with Gasteiger partial charge in [-0.3, -0.25) is 4.68 Å². The van der Waals surface area contributed by atoms with Crippen LogP contribution in [0.1, 0.15) is 5.56 Å². The Morgan fingerprint density at radius 2 is 1.85 bits per heavy atom. The van der Waals surface area contributed by atoms with Crippen molar-refractivity contribution in [2.45, 2.75) is 6.54 Å². The van der Waals surface area contributed by atoms with Crippen LogP contribution in [0.2, 0.25) is 0 Å². The summed E-state index contributed by atoms with van der Waals surface area (Å²) in [5.74, 6) is -0.228. The quantitative estimate of drug-likeness (QED) is 0.740. The van der Waals surface area contributed by atoms with Crippen LogP contribution >= 0.6 is 0 Å². The van der Waals surface area contributed by atoms with Crippen molar-refractivity contribution in [3.63, 3.8) is 0 Å². The predicted molar refractivity (Wildman–Crippen MR) is 77.6 cm³/mol. The Labute approximate surface area is 116 Å². The molecule has 0 bridgehead atoms. The van der Waals surface area contributed by atoms with Gasteiger partial charge < -0.3 is 5.73 Å². The van der Waals surface area contributed by atoms with Crippen LogP contribution in [0.3, 0.4) is 0 Å². The van der Waals surface area contributed by atoms with E-state index in [1.54, 1.807) is 16.9 Å². The number of benzene rings is 2. The van der Waals surface area contributed by atoms with Crippen LogP contribution in [0.15, 0.2) is 60.9 Å². The molecule has 20 heavy (non-hydrogen) atoms. The van der Waals surface area contributed by atoms with Crippen LogP contribution in [0, 0.1) is 5.82 Å². The first-order valence-electron chi connectivity index (χ1n) is 6.33. The molecule has 3 nitrogen and oxygen atoms in total. The Kier molecular flexibility index (Phi) is 3.21. The molecule has 1 aromatic heterocycles. The average Bonchev–Trinajstić information content (AvgIpc) is 2.88. The van der Waals surface area contributed by atoms with E-state index in [1.807, 2.05) is 36.5 Å². The van der Waals surface area contributed by atoms with Crippen molar-refractivity contribution in [1.82, 2.24) is 9.78 Å². The topological polar surface area (TPSA) is 43.8 Å². The highest BCUT2D eigenvalue weighted by Crippen LogP contribution is 2.20. The molecule has 0 unspecified atom stereocenters. The van der Waals surface area contributed by atoms with Gasteiger partial charge in [-0.25, -0.2) is 4.39 Å². The first-order valence-corrected chi connectivity index (χ1v) is 6.33. The molecule has 3 rings (SSSR count). The lowest BCUT2D eigenvalue weighted by Crippen LogP contribution is -1.99. The summed E-state index contributed by atoms with van der Waals surface area (Å²) in [5, 5.41) is 4.30. The molecule has 0 radical (unpaired) electrons. The number of aromatic nitrogens is 2. The Morgan fingerprint density at radius 1 is 1.05 bits per heavy atom. The highest BCUT2D eigenvalue weighted by Gasteiger charge is 2.03. The Hall–Kier alpha value is -2.62. The molecular formula is C16H14FN3. The Bertz CT molecular complexity index is 717. The third-order valence-corrected chi connectivity index (χ3v) is 3.11. The third-order valence-electron chi connectivity index (χ3n) is 3.11. The molecule has 2 N–H and O–H groups in total. The fraction of sp³-hybridized carbons (Fsp3) is 0.0625. The summed E-state index contributed by atoms with van der Waals surface area (Å²) in [6.45, 7) is 0.548. The lowest BCUT2D eigenvalue weighted by atomic mass is 10.1. The summed E-state index contributed by atoms with van der Waals surface area (Å²) >= 11 is 0. The number of anilines is 1. The summed E-state index contributed by atoms with van der Waals surface area (Å²) in [6, 6.07) is 14.2. The lowest BCUT2D eigenvalue weighted by Gasteiger charge is -2.02. The van der Waals surface area contributed by atoms with Gasteiger partial charge in [0.25, 0.3) is 0 Å². The fourth-order valence-corrected chi connectivity index (χ4v) is 2.10. The number of rotatable bonds is 3. The van der Waals surface area contributed by atoms with E-state index >= 15 is 0 Å². The summed E-state index contributed by atoms with van der Waals surface area (Å²) in [6.07, 6.45) is 3.74. The molecule has 2 aromatic carbocycles. The van der Waals surface area contributed by atoms with Crippen molar-refractivity contribution in [2.24, 2.45) is 0 Å². The van der Waals surface area contributed by atoms with Gasteiger partial charge in [-0.2, -0.15) is 5.10 Å². The number of nitrogens with two attached hydrogens (primary N) is 1. The molecule has 0 atom stereocenters. The smallest absolute Gasteiger partial charge is 0.123 e. The van der Waals surface area contributed by atoms with Gasteiger partial charge in [0.05, 0.1) is 12.7 Å². The van der Waals surface area contributed by atoms with Gasteiger partial charge in [0.1, 0.15) is 5.82 Å². The van der Waals surface area contributed by atoms with Crippen LogP contribution in [0.25, 0.3) is 11.1 Å². The minimum absolute atomic E-state index is 0.228. The van der Waals surface area contributed by atoms with Crippen molar-refractivity contribution in [3.8, 4) is 11.1 Å². The van der Waals surface area contributed by atoms with Crippen LogP contribution < -0.4 is 5.73 Å². The van der Waals surface area contributed by atoms with Gasteiger partial charge in [0.15, 0.2) is 0 Å². The molecule has 0 saturated heterocycles. The van der Waals surface area contributed by atoms with Crippen molar-refractivity contribution in [2.75, 3.05) is 5.73 Å². The van der Waals surface area contributed by atoms with Gasteiger partial charge in [-0.05, 0) is 35.4 Å². The molecule has 0 aliphatic rings. The lowest BCUT2D eigenvalue weighted by molar-refractivity contribution is 0.619. The monoisotopic (exact) mass is 267 g/mol. The molecule has 0 spiro atoms. The maximum Gasteiger partial charge on any atom is 0.123 e. The van der Waals surface area contributed by atoms with E-state index in [4.69, 9.17) is 5.73 Å². The predicted octanol–water partition coefficient (Wildman–Crippen LogP) is 3.32. The van der Waals surface area contributed by atoms with Crippen molar-refractivity contribution >= 4 is 5.69 Å². The second-order valence-electron chi connectivity index (χ2n) is 4.68. The number of hydrogen-bond donors (Lipinski definition) is 1. The van der Waals surface area contributed by atoms with E-state index in [2.05, 4.69) is 5.10 Å². The molecule has 0 fully saturated rings. The number of nitrogen functional groups attached to an aromatic ring is 1. The highest BCUT2D eigenvalue weighted by molar-refractivity contribution is 5.63. The van der Waals surface area contributed by atoms with Gasteiger partial charge in [0, 0.05) is 17.4 Å². The van der Waals surface area contributed by atoms with Crippen molar-refractivity contribution in [1.29, 1.82) is 0 Å². The first-order chi connectivity index (χ1) is 9.70. The molecule has 100 valence electrons. The SMILES string of the molecule is Nc1ccc(-c2cnn(Cc3cccc(F)c3)c2)cc1. The van der Waals surface area contributed by atoms with Crippen molar-refractivity contribution in [3.05, 3.63) is 72.3 Å². The molecule has 3 aromatic rings. The molecule has 0 amide bonds. The zero-order valence-corrected chi connectivity index (χ0v) is 10.8. The van der Waals surface area contributed by atoms with Crippen molar-refractivity contribution < 1.29 is 4.39 Å². The molecular weight excluding hydrogens is 253 g/mol. The second-order valence-corrected chi connectivity index (χ2v) is 4.68. The zero-order chi connectivity index (χ0) is 13.9. The largest absolute Gasteiger partial charge is 0.399 e. The molecule has 1 heterocycles. The summed E-state index contributed by atoms with van der Waals surface area (Å²) in [4.78, 5) is 0. The summed E-state index contributed by atoms with van der Waals surface area (Å²) < 4.78 is 14.9. The minimum atomic E-state index is -0.228. The molecule has 0 aliphatic carbocycles. The van der Waals surface area contributed by atoms with Gasteiger partial charge in [-0.1, -0.05) is 24.3 Å². The maximum atomic E-state index is 13.1. The van der Waals surface area contributed by atoms with E-state index in [1.165, 1.54) is 12.1 Å². The number of hydrogen-bond acceptors (Lipinski definition) is 2. The van der Waals surface area contributed by atoms with Gasteiger partial charge in [-0.15, -0.1) is 0 Å². The zero-order valence-electron chi connectivity index (χ0n) is 10.8. The third kappa shape index (κ3) is 2.69. The minimum Gasteiger partial charge on any atom is -0.399 e. The number of halogens is 1. The standard InChI is InChI=1S/C16H14FN3/c17-15-3-1-2-12(8-15)10-20-11-14(9-19-20)13-4-6-16(18)7-5-13/h1-9,11H,10,18H2. The number of nitrogens with zero attached hydrogens (tertiary/aromatic N) is 2. The Balaban J connectivity index is 1.82. The van der Waals surface area contributed by atoms with E-state index in [9.17, 15) is 4.39 Å². The summed E-state index contributed by atoms with van der Waals surface area (Å²) in [5.41, 5.74) is 9.37. The van der Waals surface area contributed by atoms with Crippen LogP contribution in [-0.4, -0.2) is 9.78 Å². The van der Waals surface area contributed by atoms with Gasteiger partial charge in [0.2, 0.25) is 0 Å². The normalized spacial score (nSPS) is 10.7. The van der Waals surface area contributed by atoms with E-state index < -0.39 is 0 Å². The van der Waals surface area contributed by atoms with E-state index in [-0.39, 0.29) is 5.82 Å². The molecule has 4 heteroatoms. The summed E-state index contributed by atoms with van der Waals surface area (Å²) in [7, 11) is 0. The first kappa shape index (κ1) is 12.4. The van der Waals surface area contributed by atoms with Crippen LogP contribution in [0.4, 0.5) is 10.1 Å². The van der Waals surface area contributed by atoms with E-state index in [0.29, 0.717) is 6.54 Å².